The van der Waals surface area contributed by atoms with Crippen LogP contribution in [0.3, 0.4) is 0 Å². The van der Waals surface area contributed by atoms with Gasteiger partial charge in [0.05, 0.1) is 43.0 Å². The molecule has 2 aromatic heterocycles. The molecular weight excluding hydrogens is 837 g/mol. The smallest absolute Gasteiger partial charge is 0.255 e. The molecule has 2 aliphatic heterocycles. The van der Waals surface area contributed by atoms with Gasteiger partial charge in [0, 0.05) is 73.8 Å². The maximum atomic E-state index is 14.6. The van der Waals surface area contributed by atoms with E-state index >= 15 is 0 Å². The van der Waals surface area contributed by atoms with Gasteiger partial charge in [0.2, 0.25) is 17.7 Å². The number of carbonyl (C=O) groups is 4. The van der Waals surface area contributed by atoms with Gasteiger partial charge in [0.25, 0.3) is 5.91 Å². The predicted octanol–water partition coefficient (Wildman–Crippen LogP) is 5.57. The minimum absolute atomic E-state index is 0.00384. The van der Waals surface area contributed by atoms with Crippen LogP contribution in [-0.4, -0.2) is 96.7 Å². The molecule has 2 fully saturated rings. The molecule has 1 saturated heterocycles. The molecule has 17 heteroatoms. The zero-order chi connectivity index (χ0) is 43.3. The standard InChI is InChI=1S/C45H49ClFN7O7S/c46-35-7-4-8-37(40(35)47)61-33-14-16-45(17-15-33,28-32-6-3-9-38(51-32)52-44-50-21-26-62-44)43(58)49-20-23-60-25-24-59-22-19-48-18-2-1-5-30-10-11-34-31(27-30)29-54(42(34)57)36-12-13-39(55)53-41(36)56/h3-4,6-11,21,26-27,33,36,48H,2,12-20,22-25,28-29H2,(H,49,58)(H,50,51,52)(H,53,55,56)/t33-,36?,45-. The Bertz CT molecular complexity index is 2280. The number of hydrogen-bond acceptors (Lipinski definition) is 12. The number of nitrogens with one attached hydrogen (secondary N) is 4. The number of thiazole rings is 1. The third-order valence-corrected chi connectivity index (χ3v) is 12.1. The van der Waals surface area contributed by atoms with Gasteiger partial charge < -0.3 is 35.1 Å². The van der Waals surface area contributed by atoms with Crippen molar-refractivity contribution in [2.75, 3.05) is 51.4 Å². The van der Waals surface area contributed by atoms with Crippen molar-refractivity contribution in [2.45, 2.75) is 70.1 Å². The Morgan fingerprint density at radius 2 is 1.81 bits per heavy atom. The number of benzene rings is 2. The van der Waals surface area contributed by atoms with Crippen molar-refractivity contribution in [1.29, 1.82) is 0 Å². The Morgan fingerprint density at radius 3 is 2.60 bits per heavy atom. The van der Waals surface area contributed by atoms with Gasteiger partial charge >= 0.3 is 0 Å². The van der Waals surface area contributed by atoms with Gasteiger partial charge in [-0.3, -0.25) is 24.5 Å². The lowest BCUT2D eigenvalue weighted by molar-refractivity contribution is -0.137. The van der Waals surface area contributed by atoms with E-state index in [0.717, 1.165) is 22.0 Å². The van der Waals surface area contributed by atoms with Gasteiger partial charge in [-0.15, -0.1) is 11.3 Å². The van der Waals surface area contributed by atoms with Gasteiger partial charge in [0.15, 0.2) is 16.7 Å². The maximum Gasteiger partial charge on any atom is 0.255 e. The highest BCUT2D eigenvalue weighted by molar-refractivity contribution is 7.13. The molecular formula is C45H49ClFN7O7S. The van der Waals surface area contributed by atoms with E-state index in [9.17, 15) is 23.6 Å². The topological polar surface area (TPSA) is 173 Å². The van der Waals surface area contributed by atoms with Gasteiger partial charge in [-0.1, -0.05) is 35.6 Å². The summed E-state index contributed by atoms with van der Waals surface area (Å²) in [6.07, 6.45) is 5.22. The Balaban J connectivity index is 0.785. The highest BCUT2D eigenvalue weighted by Gasteiger charge is 2.43. The molecule has 2 aromatic carbocycles. The van der Waals surface area contributed by atoms with Crippen molar-refractivity contribution < 1.29 is 37.8 Å². The van der Waals surface area contributed by atoms with Crippen molar-refractivity contribution in [1.82, 2.24) is 30.8 Å². The average molecular weight is 886 g/mol. The molecule has 1 saturated carbocycles. The summed E-state index contributed by atoms with van der Waals surface area (Å²) in [5.74, 6) is 5.46. The van der Waals surface area contributed by atoms with Crippen molar-refractivity contribution in [2.24, 2.45) is 5.41 Å². The largest absolute Gasteiger partial charge is 0.487 e. The molecule has 0 radical (unpaired) electrons. The second-order valence-corrected chi connectivity index (χ2v) is 16.7. The van der Waals surface area contributed by atoms with Crippen molar-refractivity contribution >= 4 is 57.5 Å². The van der Waals surface area contributed by atoms with E-state index in [1.54, 1.807) is 24.4 Å². The maximum absolute atomic E-state index is 14.6. The van der Waals surface area contributed by atoms with Crippen molar-refractivity contribution in [3.05, 3.63) is 99.4 Å². The minimum atomic E-state index is -0.742. The van der Waals surface area contributed by atoms with Crippen LogP contribution in [0.15, 0.2) is 66.2 Å². The summed E-state index contributed by atoms with van der Waals surface area (Å²) >= 11 is 7.45. The average Bonchev–Trinajstić information content (AvgIpc) is 3.90. The molecule has 0 spiro atoms. The molecule has 4 aromatic rings. The first-order valence-electron chi connectivity index (χ1n) is 20.8. The number of imide groups is 1. The number of nitrogens with zero attached hydrogens (tertiary/aromatic N) is 3. The fourth-order valence-electron chi connectivity index (χ4n) is 7.87. The zero-order valence-electron chi connectivity index (χ0n) is 34.2. The van der Waals surface area contributed by atoms with Crippen molar-refractivity contribution in [3.8, 4) is 17.6 Å². The predicted molar refractivity (Wildman–Crippen MR) is 232 cm³/mol. The molecule has 4 N–H and O–H groups in total. The van der Waals surface area contributed by atoms with Crippen LogP contribution in [0.4, 0.5) is 15.3 Å². The quantitative estimate of drug-likeness (QED) is 0.0528. The van der Waals surface area contributed by atoms with E-state index in [2.05, 4.69) is 38.1 Å². The van der Waals surface area contributed by atoms with E-state index < -0.39 is 23.2 Å². The first-order chi connectivity index (χ1) is 30.2. The molecule has 1 atom stereocenters. The van der Waals surface area contributed by atoms with E-state index in [1.165, 1.54) is 22.3 Å². The van der Waals surface area contributed by atoms with E-state index in [-0.39, 0.29) is 41.0 Å². The first kappa shape index (κ1) is 44.6. The minimum Gasteiger partial charge on any atom is -0.487 e. The highest BCUT2D eigenvalue weighted by Crippen LogP contribution is 2.41. The van der Waals surface area contributed by atoms with E-state index in [0.29, 0.717) is 109 Å². The summed E-state index contributed by atoms with van der Waals surface area (Å²) < 4.78 is 32.1. The first-order valence-corrected chi connectivity index (χ1v) is 22.1. The van der Waals surface area contributed by atoms with Crippen LogP contribution in [0.5, 0.6) is 5.75 Å². The Hall–Kier alpha value is -5.44. The number of fused-ring (bicyclic) bond motifs is 1. The number of piperidine rings is 1. The van der Waals surface area contributed by atoms with Crippen LogP contribution >= 0.6 is 22.9 Å². The second-order valence-electron chi connectivity index (χ2n) is 15.4. The van der Waals surface area contributed by atoms with Gasteiger partial charge in [-0.05, 0) is 80.1 Å². The Labute approximate surface area is 368 Å². The van der Waals surface area contributed by atoms with E-state index in [4.69, 9.17) is 30.8 Å². The fourth-order valence-corrected chi connectivity index (χ4v) is 8.57. The lowest BCUT2D eigenvalue weighted by Gasteiger charge is -2.39. The Morgan fingerprint density at radius 1 is 1.00 bits per heavy atom. The lowest BCUT2D eigenvalue weighted by Crippen LogP contribution is -2.52. The van der Waals surface area contributed by atoms with Crippen LogP contribution < -0.4 is 26.0 Å². The van der Waals surface area contributed by atoms with Crippen LogP contribution in [0, 0.1) is 23.1 Å². The number of halogens is 2. The molecule has 7 rings (SSSR count). The molecule has 4 amide bonds. The van der Waals surface area contributed by atoms with Crippen LogP contribution in [-0.2, 0) is 36.8 Å². The van der Waals surface area contributed by atoms with Crippen molar-refractivity contribution in [3.63, 3.8) is 0 Å². The molecule has 1 aliphatic carbocycles. The SMILES string of the molecule is O=C1CCC(N2Cc3cc(C#CCCNCCOCCOCCNC(=O)[C@]4(Cc5cccc(Nc6nccs6)n5)CC[C@@H](Oc5cccc(Cl)c5F)CC4)ccc3C2=O)C(=O)N1. The van der Waals surface area contributed by atoms with Crippen LogP contribution in [0.1, 0.15) is 72.1 Å². The molecule has 62 heavy (non-hydrogen) atoms. The second kappa shape index (κ2) is 21.6. The number of hydrogen-bond donors (Lipinski definition) is 4. The summed E-state index contributed by atoms with van der Waals surface area (Å²) in [5.41, 5.74) is 2.22. The number of aromatic nitrogens is 2. The zero-order valence-corrected chi connectivity index (χ0v) is 35.8. The summed E-state index contributed by atoms with van der Waals surface area (Å²) in [6, 6.07) is 15.2. The van der Waals surface area contributed by atoms with E-state index in [1.807, 2.05) is 35.7 Å². The molecule has 3 aliphatic rings. The van der Waals surface area contributed by atoms with Crippen LogP contribution in [0.25, 0.3) is 0 Å². The highest BCUT2D eigenvalue weighted by atomic mass is 35.5. The molecule has 14 nitrogen and oxygen atoms in total. The van der Waals surface area contributed by atoms with Gasteiger partial charge in [-0.25, -0.2) is 14.4 Å². The summed E-state index contributed by atoms with van der Waals surface area (Å²) in [5, 5.41) is 14.6. The molecule has 326 valence electrons. The number of ether oxygens (including phenoxy) is 3. The molecule has 1 unspecified atom stereocenters. The number of amides is 4. The lowest BCUT2D eigenvalue weighted by atomic mass is 9.69. The number of pyridine rings is 1. The van der Waals surface area contributed by atoms with Gasteiger partial charge in [0.1, 0.15) is 11.9 Å². The molecule has 4 heterocycles. The fraction of sp³-hybridized carbons (Fsp3) is 0.422. The summed E-state index contributed by atoms with van der Waals surface area (Å²) in [7, 11) is 0. The normalized spacial score (nSPS) is 19.6. The summed E-state index contributed by atoms with van der Waals surface area (Å²) in [4.78, 5) is 61.3. The third-order valence-electron chi connectivity index (χ3n) is 11.1. The van der Waals surface area contributed by atoms with Crippen LogP contribution in [0.2, 0.25) is 5.02 Å². The van der Waals surface area contributed by atoms with Gasteiger partial charge in [-0.2, -0.15) is 0 Å². The summed E-state index contributed by atoms with van der Waals surface area (Å²) in [6.45, 7) is 3.60. The monoisotopic (exact) mass is 885 g/mol. The third kappa shape index (κ3) is 11.7. The molecule has 0 bridgehead atoms. The number of carbonyl (C=O) groups excluding carboxylic acids is 4. The number of rotatable bonds is 19. The number of anilines is 2. The Kier molecular flexibility index (Phi) is 15.5.